The maximum atomic E-state index is 10.9. The number of nitrogens with one attached hydrogen (secondary N) is 1. The zero-order valence-corrected chi connectivity index (χ0v) is 15.2. The fourth-order valence-corrected chi connectivity index (χ4v) is 3.42. The molecular formula is C20H20N2O2S. The minimum atomic E-state index is -0.927. The summed E-state index contributed by atoms with van der Waals surface area (Å²) in [7, 11) is 0. The van der Waals surface area contributed by atoms with Gasteiger partial charge in [-0.3, -0.25) is 0 Å². The van der Waals surface area contributed by atoms with Crippen LogP contribution in [0.25, 0.3) is 11.3 Å². The first-order chi connectivity index (χ1) is 11.9. The summed E-state index contributed by atoms with van der Waals surface area (Å²) in [4.78, 5) is 16.7. The quantitative estimate of drug-likeness (QED) is 0.620. The van der Waals surface area contributed by atoms with E-state index in [9.17, 15) is 4.79 Å². The summed E-state index contributed by atoms with van der Waals surface area (Å²) in [6.45, 7) is 6.42. The molecule has 0 radical (unpaired) electrons. The number of aryl methyl sites for hydroxylation is 1. The van der Waals surface area contributed by atoms with Crippen molar-refractivity contribution in [1.82, 2.24) is 4.98 Å². The van der Waals surface area contributed by atoms with Gasteiger partial charge in [-0.05, 0) is 42.7 Å². The topological polar surface area (TPSA) is 62.2 Å². The third-order valence-corrected chi connectivity index (χ3v) is 4.92. The van der Waals surface area contributed by atoms with Gasteiger partial charge in [-0.2, -0.15) is 0 Å². The van der Waals surface area contributed by atoms with Crippen molar-refractivity contribution in [2.24, 2.45) is 0 Å². The van der Waals surface area contributed by atoms with E-state index in [0.29, 0.717) is 5.92 Å². The van der Waals surface area contributed by atoms with Crippen molar-refractivity contribution in [3.63, 3.8) is 0 Å². The number of rotatable bonds is 5. The molecule has 2 aromatic carbocycles. The fraction of sp³-hybridized carbons (Fsp3) is 0.200. The second kappa shape index (κ2) is 7.07. The van der Waals surface area contributed by atoms with Crippen LogP contribution in [0.5, 0.6) is 0 Å². The first-order valence-electron chi connectivity index (χ1n) is 8.12. The number of anilines is 2. The van der Waals surface area contributed by atoms with E-state index >= 15 is 0 Å². The molecule has 3 aromatic rings. The lowest BCUT2D eigenvalue weighted by molar-refractivity contribution is 0.0697. The van der Waals surface area contributed by atoms with E-state index in [1.54, 1.807) is 35.6 Å². The standard InChI is InChI=1S/C20H20N2O2S/c1-12(2)14-4-6-15(7-5-14)18-13(3)25-20(22-18)21-17-10-8-16(9-11-17)19(23)24/h4-12H,1-3H3,(H,21,22)(H,23,24). The van der Waals surface area contributed by atoms with Gasteiger partial charge in [0.05, 0.1) is 11.3 Å². The third-order valence-electron chi connectivity index (χ3n) is 4.03. The van der Waals surface area contributed by atoms with Crippen LogP contribution in [0.1, 0.15) is 40.6 Å². The van der Waals surface area contributed by atoms with Crippen LogP contribution in [-0.4, -0.2) is 16.1 Å². The minimum absolute atomic E-state index is 0.270. The second-order valence-electron chi connectivity index (χ2n) is 6.21. The van der Waals surface area contributed by atoms with Crippen LogP contribution >= 0.6 is 11.3 Å². The zero-order chi connectivity index (χ0) is 18.0. The number of hydrogen-bond acceptors (Lipinski definition) is 4. The molecule has 25 heavy (non-hydrogen) atoms. The number of aromatic nitrogens is 1. The first kappa shape index (κ1) is 17.2. The van der Waals surface area contributed by atoms with Crippen molar-refractivity contribution in [1.29, 1.82) is 0 Å². The lowest BCUT2D eigenvalue weighted by atomic mass is 10.0. The largest absolute Gasteiger partial charge is 0.478 e. The molecule has 4 nitrogen and oxygen atoms in total. The van der Waals surface area contributed by atoms with Crippen molar-refractivity contribution in [2.45, 2.75) is 26.7 Å². The Kier molecular flexibility index (Phi) is 4.86. The number of carboxylic acid groups (broad SMARTS) is 1. The molecule has 0 fully saturated rings. The van der Waals surface area contributed by atoms with Gasteiger partial charge < -0.3 is 10.4 Å². The molecule has 0 saturated carbocycles. The number of aromatic carboxylic acids is 1. The minimum Gasteiger partial charge on any atom is -0.478 e. The Morgan fingerprint density at radius 3 is 2.28 bits per heavy atom. The molecule has 0 spiro atoms. The smallest absolute Gasteiger partial charge is 0.335 e. The summed E-state index contributed by atoms with van der Waals surface area (Å²) in [5.74, 6) is -0.416. The van der Waals surface area contributed by atoms with Gasteiger partial charge in [0.15, 0.2) is 5.13 Å². The molecule has 3 rings (SSSR count). The number of carboxylic acids is 1. The van der Waals surface area contributed by atoms with Gasteiger partial charge in [0, 0.05) is 16.1 Å². The van der Waals surface area contributed by atoms with Crippen molar-refractivity contribution >= 4 is 28.1 Å². The van der Waals surface area contributed by atoms with Crippen molar-refractivity contribution in [3.05, 3.63) is 64.5 Å². The van der Waals surface area contributed by atoms with E-state index in [2.05, 4.69) is 50.4 Å². The van der Waals surface area contributed by atoms with Crippen LogP contribution in [0.2, 0.25) is 0 Å². The summed E-state index contributed by atoms with van der Waals surface area (Å²) < 4.78 is 0. The van der Waals surface area contributed by atoms with Crippen molar-refractivity contribution < 1.29 is 9.90 Å². The Morgan fingerprint density at radius 2 is 1.72 bits per heavy atom. The van der Waals surface area contributed by atoms with E-state index in [4.69, 9.17) is 10.1 Å². The summed E-state index contributed by atoms with van der Waals surface area (Å²) in [5.41, 5.74) is 4.48. The third kappa shape index (κ3) is 3.88. The molecule has 0 saturated heterocycles. The van der Waals surface area contributed by atoms with Crippen molar-refractivity contribution in [2.75, 3.05) is 5.32 Å². The predicted octanol–water partition coefficient (Wildman–Crippen LogP) is 5.68. The van der Waals surface area contributed by atoms with Crippen LogP contribution in [-0.2, 0) is 0 Å². The highest BCUT2D eigenvalue weighted by Gasteiger charge is 2.11. The molecule has 128 valence electrons. The number of benzene rings is 2. The molecule has 1 aromatic heterocycles. The van der Waals surface area contributed by atoms with Crippen LogP contribution in [0.15, 0.2) is 48.5 Å². The number of thiazole rings is 1. The summed E-state index contributed by atoms with van der Waals surface area (Å²) in [6, 6.07) is 15.2. The highest BCUT2D eigenvalue weighted by atomic mass is 32.1. The molecular weight excluding hydrogens is 332 g/mol. The van der Waals surface area contributed by atoms with Crippen LogP contribution < -0.4 is 5.32 Å². The SMILES string of the molecule is Cc1sc(Nc2ccc(C(=O)O)cc2)nc1-c1ccc(C(C)C)cc1. The highest BCUT2D eigenvalue weighted by molar-refractivity contribution is 7.16. The molecule has 0 aliphatic rings. The lowest BCUT2D eigenvalue weighted by Gasteiger charge is -2.06. The molecule has 2 N–H and O–H groups in total. The zero-order valence-electron chi connectivity index (χ0n) is 14.4. The van der Waals surface area contributed by atoms with Crippen LogP contribution in [0.3, 0.4) is 0 Å². The molecule has 0 bridgehead atoms. The van der Waals surface area contributed by atoms with Crippen LogP contribution in [0.4, 0.5) is 10.8 Å². The molecule has 1 heterocycles. The lowest BCUT2D eigenvalue weighted by Crippen LogP contribution is -1.96. The molecule has 5 heteroatoms. The Labute approximate surface area is 151 Å². The van der Waals surface area contributed by atoms with E-state index in [0.717, 1.165) is 27.0 Å². The number of hydrogen-bond donors (Lipinski definition) is 2. The number of nitrogens with zero attached hydrogens (tertiary/aromatic N) is 1. The van der Waals surface area contributed by atoms with Gasteiger partial charge in [-0.25, -0.2) is 9.78 Å². The van der Waals surface area contributed by atoms with Gasteiger partial charge in [-0.1, -0.05) is 38.1 Å². The van der Waals surface area contributed by atoms with Crippen molar-refractivity contribution in [3.8, 4) is 11.3 Å². The molecule has 0 amide bonds. The summed E-state index contributed by atoms with van der Waals surface area (Å²) in [5, 5.41) is 13.0. The van der Waals surface area contributed by atoms with Gasteiger partial charge in [0.1, 0.15) is 0 Å². The first-order valence-corrected chi connectivity index (χ1v) is 8.94. The Hall–Kier alpha value is -2.66. The maximum absolute atomic E-state index is 10.9. The molecule has 0 aliphatic heterocycles. The Balaban J connectivity index is 1.81. The average molecular weight is 352 g/mol. The van der Waals surface area contributed by atoms with Gasteiger partial charge in [0.25, 0.3) is 0 Å². The second-order valence-corrected chi connectivity index (χ2v) is 7.41. The Morgan fingerprint density at radius 1 is 1.08 bits per heavy atom. The molecule has 0 atom stereocenters. The van der Waals surface area contributed by atoms with E-state index in [1.165, 1.54) is 5.56 Å². The summed E-state index contributed by atoms with van der Waals surface area (Å²) in [6.07, 6.45) is 0. The number of carbonyl (C=O) groups is 1. The normalized spacial score (nSPS) is 10.9. The predicted molar refractivity (Wildman–Crippen MR) is 103 cm³/mol. The van der Waals surface area contributed by atoms with Gasteiger partial charge in [-0.15, -0.1) is 11.3 Å². The van der Waals surface area contributed by atoms with E-state index < -0.39 is 5.97 Å². The average Bonchev–Trinajstić information content (AvgIpc) is 2.95. The van der Waals surface area contributed by atoms with Gasteiger partial charge >= 0.3 is 5.97 Å². The summed E-state index contributed by atoms with van der Waals surface area (Å²) >= 11 is 1.59. The molecule has 0 aliphatic carbocycles. The van der Waals surface area contributed by atoms with E-state index in [1.807, 2.05) is 0 Å². The van der Waals surface area contributed by atoms with Crippen LogP contribution in [0, 0.1) is 6.92 Å². The maximum Gasteiger partial charge on any atom is 0.335 e. The monoisotopic (exact) mass is 352 g/mol. The Bertz CT molecular complexity index is 881. The highest BCUT2D eigenvalue weighted by Crippen LogP contribution is 2.32. The fourth-order valence-electron chi connectivity index (χ4n) is 2.56. The van der Waals surface area contributed by atoms with E-state index in [-0.39, 0.29) is 5.56 Å². The van der Waals surface area contributed by atoms with Gasteiger partial charge in [0.2, 0.25) is 0 Å². The molecule has 0 unspecified atom stereocenters.